The third-order valence-corrected chi connectivity index (χ3v) is 4.07. The quantitative estimate of drug-likeness (QED) is 0.824. The fourth-order valence-electron chi connectivity index (χ4n) is 1.86. The molecule has 0 aliphatic rings. The van der Waals surface area contributed by atoms with E-state index in [9.17, 15) is 9.59 Å². The molecule has 7 heteroatoms. The van der Waals surface area contributed by atoms with Gasteiger partial charge in [0.05, 0.1) is 12.8 Å². The molecule has 0 spiro atoms. The van der Waals surface area contributed by atoms with Gasteiger partial charge in [-0.2, -0.15) is 0 Å². The Morgan fingerprint density at radius 1 is 1.32 bits per heavy atom. The van der Waals surface area contributed by atoms with Gasteiger partial charge in [0.2, 0.25) is 0 Å². The summed E-state index contributed by atoms with van der Waals surface area (Å²) in [5.41, 5.74) is 7.60. The summed E-state index contributed by atoms with van der Waals surface area (Å²) in [7, 11) is 1.32. The highest BCUT2D eigenvalue weighted by molar-refractivity contribution is 7.17. The van der Waals surface area contributed by atoms with Crippen LogP contribution in [0.25, 0.3) is 0 Å². The molecule has 0 aliphatic heterocycles. The smallest absolute Gasteiger partial charge is 0.350 e. The second kappa shape index (κ2) is 7.15. The number of rotatable bonds is 5. The number of carbonyl (C=O) groups excluding carboxylic acids is 2. The third-order valence-electron chi connectivity index (χ3n) is 3.08. The monoisotopic (exact) mass is 319 g/mol. The van der Waals surface area contributed by atoms with Crippen LogP contribution in [0.4, 0.5) is 5.13 Å². The van der Waals surface area contributed by atoms with Crippen molar-refractivity contribution < 1.29 is 14.3 Å². The van der Waals surface area contributed by atoms with Gasteiger partial charge in [0.1, 0.15) is 4.88 Å². The van der Waals surface area contributed by atoms with Gasteiger partial charge in [-0.3, -0.25) is 10.1 Å². The van der Waals surface area contributed by atoms with E-state index in [1.165, 1.54) is 7.11 Å². The Labute approximate surface area is 132 Å². The van der Waals surface area contributed by atoms with E-state index in [-0.39, 0.29) is 5.91 Å². The third kappa shape index (κ3) is 3.49. The number of anilines is 1. The normalized spacial score (nSPS) is 10.3. The summed E-state index contributed by atoms with van der Waals surface area (Å²) in [5, 5.41) is 3.08. The van der Waals surface area contributed by atoms with Gasteiger partial charge in [-0.05, 0) is 24.1 Å². The number of benzene rings is 1. The standard InChI is InChI=1S/C15H17N3O3S/c1-3-11-12(14(20)21-2)22-15(17-11)18-13(19)10-6-4-9(8-16)5-7-10/h4-7H,3,8,16H2,1-2H3,(H,17,18,19). The van der Waals surface area contributed by atoms with Crippen molar-refractivity contribution in [1.29, 1.82) is 0 Å². The Balaban J connectivity index is 2.17. The first-order valence-electron chi connectivity index (χ1n) is 6.77. The van der Waals surface area contributed by atoms with Crippen LogP contribution in [0.1, 0.15) is 38.2 Å². The van der Waals surface area contributed by atoms with Gasteiger partial charge in [0, 0.05) is 12.1 Å². The molecular weight excluding hydrogens is 302 g/mol. The number of thiazole rings is 1. The minimum Gasteiger partial charge on any atom is -0.465 e. The second-order valence-corrected chi connectivity index (χ2v) is 5.49. The molecule has 1 heterocycles. The van der Waals surface area contributed by atoms with Crippen molar-refractivity contribution in [3.63, 3.8) is 0 Å². The van der Waals surface area contributed by atoms with Crippen LogP contribution in [0, 0.1) is 0 Å². The number of amides is 1. The number of esters is 1. The number of carbonyl (C=O) groups is 2. The number of nitrogens with zero attached hydrogens (tertiary/aromatic N) is 1. The summed E-state index contributed by atoms with van der Waals surface area (Å²) in [6.45, 7) is 2.31. The van der Waals surface area contributed by atoms with Gasteiger partial charge in [-0.25, -0.2) is 9.78 Å². The molecule has 0 unspecified atom stereocenters. The van der Waals surface area contributed by atoms with Gasteiger partial charge in [-0.15, -0.1) is 0 Å². The lowest BCUT2D eigenvalue weighted by Crippen LogP contribution is -2.11. The van der Waals surface area contributed by atoms with E-state index in [2.05, 4.69) is 10.3 Å². The number of ether oxygens (including phenoxy) is 1. The maximum Gasteiger partial charge on any atom is 0.350 e. The van der Waals surface area contributed by atoms with Crippen molar-refractivity contribution in [3.8, 4) is 0 Å². The molecule has 0 fully saturated rings. The summed E-state index contributed by atoms with van der Waals surface area (Å²) in [4.78, 5) is 28.5. The Hall–Kier alpha value is -2.25. The fourth-order valence-corrected chi connectivity index (χ4v) is 2.83. The zero-order chi connectivity index (χ0) is 16.1. The van der Waals surface area contributed by atoms with Crippen LogP contribution in [-0.2, 0) is 17.7 Å². The molecule has 2 rings (SSSR count). The largest absolute Gasteiger partial charge is 0.465 e. The Bertz CT molecular complexity index is 680. The summed E-state index contributed by atoms with van der Waals surface area (Å²) in [5.74, 6) is -0.724. The van der Waals surface area contributed by atoms with Gasteiger partial charge < -0.3 is 10.5 Å². The van der Waals surface area contributed by atoms with Crippen LogP contribution >= 0.6 is 11.3 Å². The molecule has 116 valence electrons. The second-order valence-electron chi connectivity index (χ2n) is 4.50. The average Bonchev–Trinajstić information content (AvgIpc) is 2.97. The van der Waals surface area contributed by atoms with Crippen LogP contribution < -0.4 is 11.1 Å². The molecular formula is C15H17N3O3S. The molecule has 0 radical (unpaired) electrons. The van der Waals surface area contributed by atoms with Crippen LogP contribution in [0.15, 0.2) is 24.3 Å². The van der Waals surface area contributed by atoms with E-state index in [1.807, 2.05) is 6.92 Å². The molecule has 0 saturated carbocycles. The van der Waals surface area contributed by atoms with Crippen molar-refractivity contribution in [2.75, 3.05) is 12.4 Å². The molecule has 1 amide bonds. The molecule has 0 atom stereocenters. The predicted octanol–water partition coefficient (Wildman–Crippen LogP) is 2.20. The van der Waals surface area contributed by atoms with Gasteiger partial charge >= 0.3 is 5.97 Å². The average molecular weight is 319 g/mol. The minimum atomic E-state index is -0.442. The van der Waals surface area contributed by atoms with Crippen molar-refractivity contribution >= 4 is 28.3 Å². The van der Waals surface area contributed by atoms with Crippen molar-refractivity contribution in [2.24, 2.45) is 5.73 Å². The Morgan fingerprint density at radius 2 is 2.00 bits per heavy atom. The van der Waals surface area contributed by atoms with E-state index >= 15 is 0 Å². The SMILES string of the molecule is CCc1nc(NC(=O)c2ccc(CN)cc2)sc1C(=O)OC. The maximum absolute atomic E-state index is 12.2. The molecule has 0 saturated heterocycles. The molecule has 1 aromatic heterocycles. The number of aryl methyl sites for hydroxylation is 1. The topological polar surface area (TPSA) is 94.3 Å². The first kappa shape index (κ1) is 16.1. The molecule has 2 aromatic rings. The highest BCUT2D eigenvalue weighted by atomic mass is 32.1. The van der Waals surface area contributed by atoms with Crippen molar-refractivity contribution in [2.45, 2.75) is 19.9 Å². The highest BCUT2D eigenvalue weighted by Crippen LogP contribution is 2.24. The van der Waals surface area contributed by atoms with Crippen molar-refractivity contribution in [3.05, 3.63) is 46.0 Å². The Kier molecular flexibility index (Phi) is 5.24. The summed E-state index contributed by atoms with van der Waals surface area (Å²) < 4.78 is 4.71. The fraction of sp³-hybridized carbons (Fsp3) is 0.267. The van der Waals surface area contributed by atoms with Gasteiger partial charge in [-0.1, -0.05) is 30.4 Å². The van der Waals surface area contributed by atoms with E-state index in [4.69, 9.17) is 10.5 Å². The maximum atomic E-state index is 12.2. The molecule has 3 N–H and O–H groups in total. The number of nitrogens with two attached hydrogens (primary N) is 1. The minimum absolute atomic E-state index is 0.281. The Morgan fingerprint density at radius 3 is 2.55 bits per heavy atom. The van der Waals surface area contributed by atoms with E-state index in [0.717, 1.165) is 16.9 Å². The van der Waals surface area contributed by atoms with Gasteiger partial charge in [0.15, 0.2) is 5.13 Å². The van der Waals surface area contributed by atoms with Crippen LogP contribution in [-0.4, -0.2) is 24.0 Å². The molecule has 6 nitrogen and oxygen atoms in total. The summed E-state index contributed by atoms with van der Waals surface area (Å²) in [6, 6.07) is 7.00. The predicted molar refractivity (Wildman–Crippen MR) is 85.1 cm³/mol. The molecule has 22 heavy (non-hydrogen) atoms. The highest BCUT2D eigenvalue weighted by Gasteiger charge is 2.18. The summed E-state index contributed by atoms with van der Waals surface area (Å²) in [6.07, 6.45) is 0.585. The number of nitrogens with one attached hydrogen (secondary N) is 1. The lowest BCUT2D eigenvalue weighted by atomic mass is 10.1. The first-order valence-corrected chi connectivity index (χ1v) is 7.59. The number of hydrogen-bond donors (Lipinski definition) is 2. The van der Waals surface area contributed by atoms with E-state index in [1.54, 1.807) is 24.3 Å². The number of hydrogen-bond acceptors (Lipinski definition) is 6. The van der Waals surface area contributed by atoms with E-state index < -0.39 is 5.97 Å². The molecule has 0 aliphatic carbocycles. The lowest BCUT2D eigenvalue weighted by molar-refractivity contribution is 0.0604. The lowest BCUT2D eigenvalue weighted by Gasteiger charge is -2.02. The first-order chi connectivity index (χ1) is 10.6. The van der Waals surface area contributed by atoms with E-state index in [0.29, 0.717) is 34.2 Å². The summed E-state index contributed by atoms with van der Waals surface area (Å²) >= 11 is 1.11. The number of methoxy groups -OCH3 is 1. The van der Waals surface area contributed by atoms with Crippen LogP contribution in [0.5, 0.6) is 0 Å². The zero-order valence-corrected chi connectivity index (χ0v) is 13.2. The van der Waals surface area contributed by atoms with Crippen LogP contribution in [0.3, 0.4) is 0 Å². The molecule has 1 aromatic carbocycles. The van der Waals surface area contributed by atoms with Crippen molar-refractivity contribution in [1.82, 2.24) is 4.98 Å². The van der Waals surface area contributed by atoms with Gasteiger partial charge in [0.25, 0.3) is 5.91 Å². The zero-order valence-electron chi connectivity index (χ0n) is 12.4. The number of aromatic nitrogens is 1. The van der Waals surface area contributed by atoms with Crippen LogP contribution in [0.2, 0.25) is 0 Å². The molecule has 0 bridgehead atoms.